The second-order valence-electron chi connectivity index (χ2n) is 5.54. The average molecular weight is 293 g/mol. The van der Waals surface area contributed by atoms with E-state index in [-0.39, 0.29) is 0 Å². The van der Waals surface area contributed by atoms with Gasteiger partial charge in [0.05, 0.1) is 17.2 Å². The molecular weight excluding hydrogens is 274 g/mol. The first-order chi connectivity index (χ1) is 9.55. The number of imidazole rings is 1. The van der Waals surface area contributed by atoms with Gasteiger partial charge in [0.15, 0.2) is 0 Å². The first-order valence-electron chi connectivity index (χ1n) is 6.93. The van der Waals surface area contributed by atoms with Crippen molar-refractivity contribution in [3.8, 4) is 0 Å². The van der Waals surface area contributed by atoms with Crippen molar-refractivity contribution in [3.63, 3.8) is 0 Å². The van der Waals surface area contributed by atoms with Crippen LogP contribution in [0.4, 0.5) is 0 Å². The number of aromatic nitrogens is 2. The Hall–Kier alpha value is -1.40. The Morgan fingerprint density at radius 2 is 2.10 bits per heavy atom. The SMILES string of the molecule is NCc1ccn2cc(CC3CCS(=O)(=O)CC3)nc2c1. The first kappa shape index (κ1) is 13.6. The van der Waals surface area contributed by atoms with Gasteiger partial charge in [-0.3, -0.25) is 0 Å². The predicted molar refractivity (Wildman–Crippen MR) is 78.2 cm³/mol. The van der Waals surface area contributed by atoms with E-state index in [1.165, 1.54) is 0 Å². The minimum absolute atomic E-state index is 0.322. The fraction of sp³-hybridized carbons (Fsp3) is 0.500. The molecule has 3 heterocycles. The third-order valence-corrected chi connectivity index (χ3v) is 5.70. The summed E-state index contributed by atoms with van der Waals surface area (Å²) < 4.78 is 24.9. The van der Waals surface area contributed by atoms with Crippen molar-refractivity contribution in [2.75, 3.05) is 11.5 Å². The van der Waals surface area contributed by atoms with Gasteiger partial charge in [-0.05, 0) is 42.9 Å². The van der Waals surface area contributed by atoms with Crippen molar-refractivity contribution in [1.82, 2.24) is 9.38 Å². The van der Waals surface area contributed by atoms with E-state index in [1.807, 2.05) is 28.9 Å². The van der Waals surface area contributed by atoms with Gasteiger partial charge in [0.2, 0.25) is 0 Å². The van der Waals surface area contributed by atoms with Gasteiger partial charge in [0.1, 0.15) is 15.5 Å². The Morgan fingerprint density at radius 1 is 1.35 bits per heavy atom. The first-order valence-corrected chi connectivity index (χ1v) is 8.75. The van der Waals surface area contributed by atoms with Gasteiger partial charge in [-0.15, -0.1) is 0 Å². The fourth-order valence-electron chi connectivity index (χ4n) is 2.74. The third kappa shape index (κ3) is 2.86. The molecule has 0 aromatic carbocycles. The standard InChI is InChI=1S/C14H19N3O2S/c15-9-12-1-4-17-10-13(16-14(17)8-12)7-11-2-5-20(18,19)6-3-11/h1,4,8,10-11H,2-3,5-7,9,15H2. The molecule has 0 aliphatic carbocycles. The molecule has 108 valence electrons. The number of fused-ring (bicyclic) bond motifs is 1. The molecular formula is C14H19N3O2S. The number of pyridine rings is 1. The summed E-state index contributed by atoms with van der Waals surface area (Å²) in [5, 5.41) is 0. The van der Waals surface area contributed by atoms with E-state index in [2.05, 4.69) is 4.98 Å². The molecule has 2 aromatic heterocycles. The highest BCUT2D eigenvalue weighted by molar-refractivity contribution is 7.91. The van der Waals surface area contributed by atoms with E-state index in [4.69, 9.17) is 5.73 Å². The van der Waals surface area contributed by atoms with Gasteiger partial charge in [-0.1, -0.05) is 0 Å². The van der Waals surface area contributed by atoms with Gasteiger partial charge >= 0.3 is 0 Å². The number of hydrogen-bond acceptors (Lipinski definition) is 4. The lowest BCUT2D eigenvalue weighted by Crippen LogP contribution is -2.24. The van der Waals surface area contributed by atoms with E-state index in [0.29, 0.717) is 24.0 Å². The number of nitrogens with two attached hydrogens (primary N) is 1. The Bertz CT molecular complexity index is 707. The van der Waals surface area contributed by atoms with E-state index in [1.54, 1.807) is 0 Å². The second kappa shape index (κ2) is 5.18. The maximum atomic E-state index is 11.4. The Labute approximate surface area is 118 Å². The van der Waals surface area contributed by atoms with Crippen LogP contribution in [0.5, 0.6) is 0 Å². The van der Waals surface area contributed by atoms with Crippen LogP contribution < -0.4 is 5.73 Å². The smallest absolute Gasteiger partial charge is 0.150 e. The topological polar surface area (TPSA) is 77.5 Å². The van der Waals surface area contributed by atoms with E-state index in [9.17, 15) is 8.42 Å². The zero-order valence-electron chi connectivity index (χ0n) is 11.3. The monoisotopic (exact) mass is 293 g/mol. The minimum atomic E-state index is -2.78. The zero-order chi connectivity index (χ0) is 14.2. The molecule has 20 heavy (non-hydrogen) atoms. The summed E-state index contributed by atoms with van der Waals surface area (Å²) in [6.07, 6.45) is 6.36. The minimum Gasteiger partial charge on any atom is -0.326 e. The molecule has 0 unspecified atom stereocenters. The van der Waals surface area contributed by atoms with Crippen molar-refractivity contribution >= 4 is 15.5 Å². The average Bonchev–Trinajstić information content (AvgIpc) is 2.82. The summed E-state index contributed by atoms with van der Waals surface area (Å²) in [5.41, 5.74) is 8.64. The van der Waals surface area contributed by atoms with Crippen molar-refractivity contribution in [1.29, 1.82) is 0 Å². The number of rotatable bonds is 3. The summed E-state index contributed by atoms with van der Waals surface area (Å²) in [5.74, 6) is 1.07. The van der Waals surface area contributed by atoms with Crippen LogP contribution in [-0.2, 0) is 22.8 Å². The Morgan fingerprint density at radius 3 is 2.80 bits per heavy atom. The molecule has 0 amide bonds. The highest BCUT2D eigenvalue weighted by Crippen LogP contribution is 2.23. The largest absolute Gasteiger partial charge is 0.326 e. The molecule has 0 spiro atoms. The maximum Gasteiger partial charge on any atom is 0.150 e. The zero-order valence-corrected chi connectivity index (χ0v) is 12.1. The molecule has 1 saturated heterocycles. The number of hydrogen-bond donors (Lipinski definition) is 1. The van der Waals surface area contributed by atoms with Crippen LogP contribution in [0, 0.1) is 5.92 Å². The molecule has 0 radical (unpaired) electrons. The summed E-state index contributed by atoms with van der Waals surface area (Å²) in [6.45, 7) is 0.513. The number of sulfone groups is 1. The van der Waals surface area contributed by atoms with Crippen LogP contribution in [-0.4, -0.2) is 29.3 Å². The lowest BCUT2D eigenvalue weighted by Gasteiger charge is -2.20. The molecule has 1 aliphatic rings. The normalized spacial score (nSPS) is 19.4. The molecule has 2 aromatic rings. The van der Waals surface area contributed by atoms with E-state index >= 15 is 0 Å². The fourth-order valence-corrected chi connectivity index (χ4v) is 4.33. The molecule has 2 N–H and O–H groups in total. The molecule has 1 aliphatic heterocycles. The lowest BCUT2D eigenvalue weighted by molar-refractivity contribution is 0.459. The van der Waals surface area contributed by atoms with E-state index < -0.39 is 9.84 Å². The van der Waals surface area contributed by atoms with Crippen molar-refractivity contribution in [2.24, 2.45) is 11.7 Å². The van der Waals surface area contributed by atoms with Crippen LogP contribution in [0.3, 0.4) is 0 Å². The highest BCUT2D eigenvalue weighted by atomic mass is 32.2. The van der Waals surface area contributed by atoms with Crippen molar-refractivity contribution < 1.29 is 8.42 Å². The van der Waals surface area contributed by atoms with Crippen LogP contribution >= 0.6 is 0 Å². The molecule has 0 saturated carbocycles. The highest BCUT2D eigenvalue weighted by Gasteiger charge is 2.24. The molecule has 6 heteroatoms. The van der Waals surface area contributed by atoms with Gasteiger partial charge in [0, 0.05) is 18.9 Å². The quantitative estimate of drug-likeness (QED) is 0.921. The van der Waals surface area contributed by atoms with Crippen LogP contribution in [0.1, 0.15) is 24.1 Å². The predicted octanol–water partition coefficient (Wildman–Crippen LogP) is 1.16. The third-order valence-electron chi connectivity index (χ3n) is 3.98. The van der Waals surface area contributed by atoms with Crippen molar-refractivity contribution in [2.45, 2.75) is 25.8 Å². The van der Waals surface area contributed by atoms with Gasteiger partial charge in [-0.25, -0.2) is 13.4 Å². The number of nitrogens with zero attached hydrogens (tertiary/aromatic N) is 2. The van der Waals surface area contributed by atoms with E-state index in [0.717, 1.165) is 36.2 Å². The van der Waals surface area contributed by atoms with Gasteiger partial charge in [-0.2, -0.15) is 0 Å². The maximum absolute atomic E-state index is 11.4. The van der Waals surface area contributed by atoms with Crippen LogP contribution in [0.2, 0.25) is 0 Å². The molecule has 0 atom stereocenters. The summed E-state index contributed by atoms with van der Waals surface area (Å²) in [6, 6.07) is 3.99. The van der Waals surface area contributed by atoms with Gasteiger partial charge in [0.25, 0.3) is 0 Å². The molecule has 3 rings (SSSR count). The lowest BCUT2D eigenvalue weighted by atomic mass is 9.97. The summed E-state index contributed by atoms with van der Waals surface area (Å²) in [4.78, 5) is 4.61. The van der Waals surface area contributed by atoms with Crippen molar-refractivity contribution in [3.05, 3.63) is 35.8 Å². The summed E-state index contributed by atoms with van der Waals surface area (Å²) >= 11 is 0. The molecule has 0 bridgehead atoms. The second-order valence-corrected chi connectivity index (χ2v) is 7.84. The van der Waals surface area contributed by atoms with Gasteiger partial charge < -0.3 is 10.1 Å². The molecule has 5 nitrogen and oxygen atoms in total. The summed E-state index contributed by atoms with van der Waals surface area (Å²) in [7, 11) is -2.78. The molecule has 1 fully saturated rings. The Balaban J connectivity index is 1.75. The van der Waals surface area contributed by atoms with Crippen LogP contribution in [0.25, 0.3) is 5.65 Å². The van der Waals surface area contributed by atoms with Crippen LogP contribution in [0.15, 0.2) is 24.5 Å². The Kier molecular flexibility index (Phi) is 3.52.